The zero-order chi connectivity index (χ0) is 30.3. The fraction of sp³-hybridized carbons (Fsp3) is 0.412. The Bertz CT molecular complexity index is 1460. The Morgan fingerprint density at radius 3 is 2.10 bits per heavy atom. The number of carbonyl (C=O) groups is 2. The van der Waals surface area contributed by atoms with Gasteiger partial charge in [-0.2, -0.15) is 0 Å². The van der Waals surface area contributed by atoms with Gasteiger partial charge in [0.2, 0.25) is 11.8 Å². The highest BCUT2D eigenvalue weighted by Gasteiger charge is 2.33. The van der Waals surface area contributed by atoms with Crippen molar-refractivity contribution in [1.82, 2.24) is 10.2 Å². The van der Waals surface area contributed by atoms with Crippen LogP contribution >= 0.6 is 0 Å². The van der Waals surface area contributed by atoms with Gasteiger partial charge in [-0.3, -0.25) is 13.9 Å². The number of nitrogens with one attached hydrogen (secondary N) is 1. The van der Waals surface area contributed by atoms with Crippen LogP contribution in [0.5, 0.6) is 0 Å². The predicted molar refractivity (Wildman–Crippen MR) is 168 cm³/mol. The number of aryl methyl sites for hydroxylation is 3. The molecule has 1 aliphatic carbocycles. The number of sulfonamides is 1. The Kier molecular flexibility index (Phi) is 10.4. The van der Waals surface area contributed by atoms with E-state index in [1.807, 2.05) is 57.2 Å². The van der Waals surface area contributed by atoms with E-state index in [0.29, 0.717) is 12.1 Å². The number of benzene rings is 3. The van der Waals surface area contributed by atoms with Crippen molar-refractivity contribution in [1.29, 1.82) is 0 Å². The van der Waals surface area contributed by atoms with Crippen molar-refractivity contribution in [2.75, 3.05) is 10.8 Å². The highest BCUT2D eigenvalue weighted by Crippen LogP contribution is 2.28. The lowest BCUT2D eigenvalue weighted by Gasteiger charge is -2.33. The zero-order valence-corrected chi connectivity index (χ0v) is 26.0. The molecule has 0 aliphatic heterocycles. The lowest BCUT2D eigenvalue weighted by molar-refractivity contribution is -0.139. The minimum atomic E-state index is -4.09. The van der Waals surface area contributed by atoms with Gasteiger partial charge in [-0.1, -0.05) is 91.9 Å². The quantitative estimate of drug-likeness (QED) is 0.301. The topological polar surface area (TPSA) is 86.8 Å². The fourth-order valence-electron chi connectivity index (χ4n) is 5.45. The summed E-state index contributed by atoms with van der Waals surface area (Å²) in [5.74, 6) is -0.660. The van der Waals surface area contributed by atoms with Gasteiger partial charge in [-0.15, -0.1) is 0 Å². The van der Waals surface area contributed by atoms with Gasteiger partial charge in [0, 0.05) is 12.6 Å². The second kappa shape index (κ2) is 14.0. The Morgan fingerprint density at radius 2 is 1.48 bits per heavy atom. The number of nitrogens with zero attached hydrogens (tertiary/aromatic N) is 2. The molecule has 1 aliphatic rings. The Morgan fingerprint density at radius 1 is 0.881 bits per heavy atom. The average Bonchev–Trinajstić information content (AvgIpc) is 2.99. The number of rotatable bonds is 11. The van der Waals surface area contributed by atoms with E-state index < -0.39 is 28.5 Å². The maximum Gasteiger partial charge on any atom is 0.264 e. The summed E-state index contributed by atoms with van der Waals surface area (Å²) in [6.45, 7) is 7.33. The smallest absolute Gasteiger partial charge is 0.264 e. The van der Waals surface area contributed by atoms with Gasteiger partial charge in [0.15, 0.2) is 0 Å². The minimum absolute atomic E-state index is 0.0971. The van der Waals surface area contributed by atoms with Gasteiger partial charge in [0.1, 0.15) is 12.6 Å². The van der Waals surface area contributed by atoms with Crippen LogP contribution in [0.2, 0.25) is 0 Å². The van der Waals surface area contributed by atoms with Crippen LogP contribution in [0.25, 0.3) is 0 Å². The van der Waals surface area contributed by atoms with Gasteiger partial charge in [-0.05, 0) is 69.4 Å². The van der Waals surface area contributed by atoms with Crippen molar-refractivity contribution in [3.8, 4) is 0 Å². The first kappa shape index (κ1) is 31.3. The van der Waals surface area contributed by atoms with Crippen LogP contribution in [-0.2, 0) is 32.6 Å². The second-order valence-electron chi connectivity index (χ2n) is 11.3. The van der Waals surface area contributed by atoms with Crippen molar-refractivity contribution in [2.24, 2.45) is 0 Å². The molecule has 3 aromatic rings. The fourth-order valence-corrected chi connectivity index (χ4v) is 6.90. The predicted octanol–water partition coefficient (Wildman–Crippen LogP) is 5.93. The summed E-state index contributed by atoms with van der Waals surface area (Å²) in [6.07, 6.45) is 5.78. The third-order valence-electron chi connectivity index (χ3n) is 8.12. The summed E-state index contributed by atoms with van der Waals surface area (Å²) < 4.78 is 29.4. The highest BCUT2D eigenvalue weighted by atomic mass is 32.2. The molecular weight excluding hydrogens is 546 g/mol. The van der Waals surface area contributed by atoms with E-state index in [-0.39, 0.29) is 23.4 Å². The normalized spacial score (nSPS) is 14.7. The molecule has 1 atom stereocenters. The lowest BCUT2D eigenvalue weighted by atomic mass is 9.95. The summed E-state index contributed by atoms with van der Waals surface area (Å²) in [4.78, 5) is 29.3. The number of hydrogen-bond donors (Lipinski definition) is 1. The van der Waals surface area contributed by atoms with Gasteiger partial charge < -0.3 is 10.2 Å². The van der Waals surface area contributed by atoms with Gasteiger partial charge in [0.05, 0.1) is 10.6 Å². The van der Waals surface area contributed by atoms with Gasteiger partial charge >= 0.3 is 0 Å². The first-order valence-corrected chi connectivity index (χ1v) is 16.4. The van der Waals surface area contributed by atoms with Crippen LogP contribution in [0.4, 0.5) is 5.69 Å². The molecule has 7 nitrogen and oxygen atoms in total. The zero-order valence-electron chi connectivity index (χ0n) is 25.2. The van der Waals surface area contributed by atoms with E-state index >= 15 is 0 Å². The lowest BCUT2D eigenvalue weighted by Crippen LogP contribution is -2.53. The van der Waals surface area contributed by atoms with Crippen molar-refractivity contribution in [3.63, 3.8) is 0 Å². The third kappa shape index (κ3) is 7.59. The molecule has 0 unspecified atom stereocenters. The molecule has 0 bridgehead atoms. The molecular formula is C34H43N3O4S. The molecule has 224 valence electrons. The molecule has 1 saturated carbocycles. The average molecular weight is 590 g/mol. The molecule has 0 saturated heterocycles. The minimum Gasteiger partial charge on any atom is -0.352 e. The maximum absolute atomic E-state index is 14.2. The summed E-state index contributed by atoms with van der Waals surface area (Å²) in [5, 5.41) is 3.15. The van der Waals surface area contributed by atoms with Crippen LogP contribution in [0.1, 0.15) is 68.2 Å². The van der Waals surface area contributed by atoms with E-state index in [4.69, 9.17) is 0 Å². The van der Waals surface area contributed by atoms with E-state index in [1.54, 1.807) is 43.3 Å². The number of hydrogen-bond acceptors (Lipinski definition) is 4. The molecule has 1 fully saturated rings. The first-order valence-electron chi connectivity index (χ1n) is 14.9. The molecule has 0 spiro atoms. The summed E-state index contributed by atoms with van der Waals surface area (Å²) in [6, 6.07) is 21.0. The number of anilines is 1. The summed E-state index contributed by atoms with van der Waals surface area (Å²) in [7, 11) is -4.09. The van der Waals surface area contributed by atoms with E-state index in [0.717, 1.165) is 47.9 Å². The van der Waals surface area contributed by atoms with Crippen LogP contribution in [-0.4, -0.2) is 43.8 Å². The van der Waals surface area contributed by atoms with Crippen molar-refractivity contribution in [3.05, 3.63) is 95.1 Å². The highest BCUT2D eigenvalue weighted by molar-refractivity contribution is 7.92. The van der Waals surface area contributed by atoms with Gasteiger partial charge in [0.25, 0.3) is 10.0 Å². The Hall–Kier alpha value is -3.65. The molecule has 0 radical (unpaired) electrons. The van der Waals surface area contributed by atoms with E-state index in [9.17, 15) is 18.0 Å². The first-order chi connectivity index (χ1) is 20.1. The third-order valence-corrected chi connectivity index (χ3v) is 9.90. The van der Waals surface area contributed by atoms with Gasteiger partial charge in [-0.25, -0.2) is 8.42 Å². The molecule has 0 heterocycles. The molecule has 8 heteroatoms. The molecule has 42 heavy (non-hydrogen) atoms. The van der Waals surface area contributed by atoms with Crippen LogP contribution in [0, 0.1) is 13.8 Å². The van der Waals surface area contributed by atoms with Crippen molar-refractivity contribution in [2.45, 2.75) is 89.7 Å². The Balaban J connectivity index is 1.70. The second-order valence-corrected chi connectivity index (χ2v) is 13.2. The molecule has 4 rings (SSSR count). The maximum atomic E-state index is 14.2. The van der Waals surface area contributed by atoms with Crippen molar-refractivity contribution >= 4 is 27.5 Å². The van der Waals surface area contributed by atoms with Crippen molar-refractivity contribution < 1.29 is 18.0 Å². The summed E-state index contributed by atoms with van der Waals surface area (Å²) >= 11 is 0. The number of para-hydroxylation sites is 1. The number of amides is 2. The molecule has 1 N–H and O–H groups in total. The van der Waals surface area contributed by atoms with E-state index in [2.05, 4.69) is 5.32 Å². The summed E-state index contributed by atoms with van der Waals surface area (Å²) in [5.41, 5.74) is 4.17. The standard InChI is InChI=1S/C34H43N3O4S/c1-5-29-11-9-10-14-32(29)37(42(40,41)31-21-17-26(3)18-22-31)24-33(38)36(23-28-19-15-25(2)16-20-28)27(4)34(39)35-30-12-7-6-8-13-30/h9-11,14-22,27,30H,5-8,12-13,23-24H2,1-4H3,(H,35,39)/t27-/m0/s1. The molecule has 3 aromatic carbocycles. The van der Waals surface area contributed by atoms with Crippen LogP contribution < -0.4 is 9.62 Å². The van der Waals surface area contributed by atoms with Crippen LogP contribution in [0.15, 0.2) is 77.7 Å². The Labute approximate surface area is 251 Å². The molecule has 0 aromatic heterocycles. The monoisotopic (exact) mass is 589 g/mol. The van der Waals surface area contributed by atoms with Crippen LogP contribution in [0.3, 0.4) is 0 Å². The largest absolute Gasteiger partial charge is 0.352 e. The van der Waals surface area contributed by atoms with E-state index in [1.165, 1.54) is 15.6 Å². The molecule has 2 amide bonds. The SMILES string of the molecule is CCc1ccccc1N(CC(=O)N(Cc1ccc(C)cc1)[C@@H](C)C(=O)NC1CCCCC1)S(=O)(=O)c1ccc(C)cc1. The number of carbonyl (C=O) groups excluding carboxylic acids is 2.